The van der Waals surface area contributed by atoms with E-state index in [0.717, 1.165) is 0 Å². The molecule has 3 heterocycles. The lowest BCUT2D eigenvalue weighted by atomic mass is 10.2. The Morgan fingerprint density at radius 1 is 1.54 bits per heavy atom. The zero-order valence-electron chi connectivity index (χ0n) is 13.4. The zero-order valence-corrected chi connectivity index (χ0v) is 15.0. The number of hydrogen-bond donors (Lipinski definition) is 3. The van der Waals surface area contributed by atoms with Crippen LogP contribution >= 0.6 is 19.4 Å². The minimum absolute atomic E-state index is 0.0762. The number of halogens is 1. The molecule has 4 N–H and O–H groups in total. The standard InChI is InChI=1S/C12H15ClN5O7P/c1-5(19)24-6-2-8(25-7(6)3-23-26(20,21)22)18-4-15-9-10(14)16-12(13)17-11(9)18/h4,6-8H,2-3H2,1H3,(H2,14,16,17)(H2,20,21,22)/t6?,7-,8-/m1/s1. The molecular formula is C12H15ClN5O7P. The van der Waals surface area contributed by atoms with Gasteiger partial charge in [-0.1, -0.05) is 0 Å². The molecule has 2 aromatic heterocycles. The number of carbonyl (C=O) groups excluding carboxylic acids is 1. The number of rotatable bonds is 5. The number of aromatic nitrogens is 4. The van der Waals surface area contributed by atoms with Gasteiger partial charge in [0.15, 0.2) is 11.5 Å². The molecule has 2 aromatic rings. The van der Waals surface area contributed by atoms with Crippen LogP contribution in [0.15, 0.2) is 6.33 Å². The Bertz CT molecular complexity index is 886. The van der Waals surface area contributed by atoms with E-state index in [4.69, 9.17) is 36.6 Å². The van der Waals surface area contributed by atoms with Crippen LogP contribution < -0.4 is 5.73 Å². The molecule has 1 unspecified atom stereocenters. The molecule has 14 heteroatoms. The van der Waals surface area contributed by atoms with E-state index in [0.29, 0.717) is 11.2 Å². The largest absolute Gasteiger partial charge is 0.469 e. The lowest BCUT2D eigenvalue weighted by molar-refractivity contribution is -0.150. The highest BCUT2D eigenvalue weighted by Crippen LogP contribution is 2.39. The molecule has 1 aliphatic rings. The summed E-state index contributed by atoms with van der Waals surface area (Å²) < 4.78 is 27.8. The van der Waals surface area contributed by atoms with Crippen molar-refractivity contribution in [2.24, 2.45) is 0 Å². The highest BCUT2D eigenvalue weighted by molar-refractivity contribution is 7.46. The van der Waals surface area contributed by atoms with Crippen molar-refractivity contribution in [2.75, 3.05) is 12.3 Å². The van der Waals surface area contributed by atoms with Crippen molar-refractivity contribution in [3.63, 3.8) is 0 Å². The first-order valence-corrected chi connectivity index (χ1v) is 9.23. The Kier molecular flexibility index (Phi) is 5.15. The van der Waals surface area contributed by atoms with Gasteiger partial charge in [-0.2, -0.15) is 9.97 Å². The zero-order chi connectivity index (χ0) is 19.1. The molecule has 0 spiro atoms. The van der Waals surface area contributed by atoms with Crippen molar-refractivity contribution < 1.29 is 33.1 Å². The van der Waals surface area contributed by atoms with Crippen LogP contribution in [0, 0.1) is 0 Å². The molecule has 0 aromatic carbocycles. The number of hydrogen-bond acceptors (Lipinski definition) is 9. The highest BCUT2D eigenvalue weighted by atomic mass is 35.5. The first-order valence-electron chi connectivity index (χ1n) is 7.32. The minimum atomic E-state index is -4.71. The molecule has 26 heavy (non-hydrogen) atoms. The van der Waals surface area contributed by atoms with Gasteiger partial charge in [0.1, 0.15) is 24.0 Å². The minimum Gasteiger partial charge on any atom is -0.460 e. The fourth-order valence-corrected chi connectivity index (χ4v) is 3.16. The van der Waals surface area contributed by atoms with Gasteiger partial charge in [-0.15, -0.1) is 0 Å². The Labute approximate surface area is 151 Å². The molecule has 1 fully saturated rings. The Hall–Kier alpha value is -1.82. The second-order valence-electron chi connectivity index (χ2n) is 5.50. The lowest BCUT2D eigenvalue weighted by Crippen LogP contribution is -2.30. The second-order valence-corrected chi connectivity index (χ2v) is 7.08. The number of phosphoric acid groups is 1. The van der Waals surface area contributed by atoms with Gasteiger partial charge in [-0.3, -0.25) is 13.9 Å². The van der Waals surface area contributed by atoms with Gasteiger partial charge >= 0.3 is 13.8 Å². The van der Waals surface area contributed by atoms with Gasteiger partial charge < -0.3 is 25.0 Å². The molecule has 0 amide bonds. The van der Waals surface area contributed by atoms with Crippen LogP contribution in [0.25, 0.3) is 11.2 Å². The van der Waals surface area contributed by atoms with Gasteiger partial charge in [0.25, 0.3) is 0 Å². The fourth-order valence-electron chi connectivity index (χ4n) is 2.65. The monoisotopic (exact) mass is 407 g/mol. The van der Waals surface area contributed by atoms with Crippen molar-refractivity contribution >= 4 is 42.4 Å². The molecule has 1 aliphatic heterocycles. The summed E-state index contributed by atoms with van der Waals surface area (Å²) in [6, 6.07) is 0. The van der Waals surface area contributed by atoms with Crippen LogP contribution in [-0.4, -0.2) is 54.1 Å². The second kappa shape index (κ2) is 7.06. The average Bonchev–Trinajstić information content (AvgIpc) is 3.07. The maximum absolute atomic E-state index is 11.3. The van der Waals surface area contributed by atoms with Crippen LogP contribution in [0.5, 0.6) is 0 Å². The topological polar surface area (TPSA) is 172 Å². The number of nitrogens with two attached hydrogens (primary N) is 1. The molecule has 0 aliphatic carbocycles. The number of anilines is 1. The fraction of sp³-hybridized carbons (Fsp3) is 0.500. The Morgan fingerprint density at radius 3 is 2.92 bits per heavy atom. The van der Waals surface area contributed by atoms with Crippen LogP contribution in [-0.2, 0) is 23.4 Å². The predicted molar refractivity (Wildman–Crippen MR) is 86.8 cm³/mol. The van der Waals surface area contributed by atoms with E-state index in [-0.39, 0.29) is 17.5 Å². The molecule has 12 nitrogen and oxygen atoms in total. The van der Waals surface area contributed by atoms with Crippen molar-refractivity contribution in [2.45, 2.75) is 31.8 Å². The first-order chi connectivity index (χ1) is 12.1. The van der Waals surface area contributed by atoms with Crippen LogP contribution in [0.1, 0.15) is 19.6 Å². The third-order valence-electron chi connectivity index (χ3n) is 3.64. The molecule has 3 rings (SSSR count). The number of phosphoric ester groups is 1. The summed E-state index contributed by atoms with van der Waals surface area (Å²) in [5.41, 5.74) is 6.38. The van der Waals surface area contributed by atoms with Gasteiger partial charge in [-0.25, -0.2) is 9.55 Å². The number of nitrogen functional groups attached to an aromatic ring is 1. The quantitative estimate of drug-likeness (QED) is 0.355. The van der Waals surface area contributed by atoms with E-state index in [1.54, 1.807) is 0 Å². The van der Waals surface area contributed by atoms with Crippen molar-refractivity contribution in [3.05, 3.63) is 11.6 Å². The van der Waals surface area contributed by atoms with E-state index in [9.17, 15) is 9.36 Å². The van der Waals surface area contributed by atoms with E-state index < -0.39 is 38.8 Å². The summed E-state index contributed by atoms with van der Waals surface area (Å²) in [5.74, 6) is -0.472. The lowest BCUT2D eigenvalue weighted by Gasteiger charge is -2.18. The van der Waals surface area contributed by atoms with Gasteiger partial charge in [-0.05, 0) is 11.6 Å². The SMILES string of the molecule is CC(=O)OC1C[C@H](n2cnc3c(N)nc(Cl)nc32)O[C@@H]1COP(=O)(O)O. The summed E-state index contributed by atoms with van der Waals surface area (Å²) in [5, 5.41) is -0.0762. The number of fused-ring (bicyclic) bond motifs is 1. The number of carbonyl (C=O) groups is 1. The molecule has 3 atom stereocenters. The normalized spacial score (nSPS) is 23.5. The molecule has 0 bridgehead atoms. The maximum atomic E-state index is 11.3. The average molecular weight is 408 g/mol. The maximum Gasteiger partial charge on any atom is 0.469 e. The van der Waals surface area contributed by atoms with Crippen LogP contribution in [0.3, 0.4) is 0 Å². The first kappa shape index (κ1) is 19.0. The Balaban J connectivity index is 1.87. The summed E-state index contributed by atoms with van der Waals surface area (Å²) in [6.07, 6.45) is -0.782. The predicted octanol–water partition coefficient (Wildman–Crippen LogP) is 0.390. The summed E-state index contributed by atoms with van der Waals surface area (Å²) >= 11 is 5.83. The van der Waals surface area contributed by atoms with Crippen LogP contribution in [0.2, 0.25) is 5.28 Å². The number of ether oxygens (including phenoxy) is 2. The third-order valence-corrected chi connectivity index (χ3v) is 4.29. The van der Waals surface area contributed by atoms with E-state index in [2.05, 4.69) is 19.5 Å². The van der Waals surface area contributed by atoms with Crippen LogP contribution in [0.4, 0.5) is 5.82 Å². The Morgan fingerprint density at radius 2 is 2.27 bits per heavy atom. The third kappa shape index (κ3) is 4.11. The summed E-state index contributed by atoms with van der Waals surface area (Å²) in [7, 11) is -4.71. The molecule has 1 saturated heterocycles. The highest BCUT2D eigenvalue weighted by Gasteiger charge is 2.40. The van der Waals surface area contributed by atoms with E-state index >= 15 is 0 Å². The molecule has 0 saturated carbocycles. The smallest absolute Gasteiger partial charge is 0.460 e. The van der Waals surface area contributed by atoms with E-state index in [1.807, 2.05) is 0 Å². The number of nitrogens with zero attached hydrogens (tertiary/aromatic N) is 4. The molecule has 0 radical (unpaired) electrons. The van der Waals surface area contributed by atoms with Gasteiger partial charge in [0, 0.05) is 13.3 Å². The summed E-state index contributed by atoms with van der Waals surface area (Å²) in [4.78, 5) is 41.0. The van der Waals surface area contributed by atoms with Crippen molar-refractivity contribution in [1.29, 1.82) is 0 Å². The molecule has 142 valence electrons. The van der Waals surface area contributed by atoms with Gasteiger partial charge in [0.05, 0.1) is 12.9 Å². The number of esters is 1. The number of imidazole rings is 1. The van der Waals surface area contributed by atoms with Crippen molar-refractivity contribution in [1.82, 2.24) is 19.5 Å². The van der Waals surface area contributed by atoms with Gasteiger partial charge in [0.2, 0.25) is 5.28 Å². The molecular weight excluding hydrogens is 393 g/mol. The van der Waals surface area contributed by atoms with Crippen molar-refractivity contribution in [3.8, 4) is 0 Å². The summed E-state index contributed by atoms with van der Waals surface area (Å²) in [6.45, 7) is 0.748. The van der Waals surface area contributed by atoms with E-state index in [1.165, 1.54) is 17.8 Å².